The third-order valence-electron chi connectivity index (χ3n) is 4.54. The summed E-state index contributed by atoms with van der Waals surface area (Å²) in [5.41, 5.74) is -0.539. The monoisotopic (exact) mass is 414 g/mol. The summed E-state index contributed by atoms with van der Waals surface area (Å²) in [7, 11) is -4.27. The number of hydrogen-bond acceptors (Lipinski definition) is 8. The first-order chi connectivity index (χ1) is 13.3. The van der Waals surface area contributed by atoms with Gasteiger partial charge < -0.3 is 19.3 Å². The first-order valence-electron chi connectivity index (χ1n) is 9.03. The van der Waals surface area contributed by atoms with Crippen molar-refractivity contribution in [1.29, 1.82) is 0 Å². The van der Waals surface area contributed by atoms with Crippen molar-refractivity contribution >= 4 is 22.1 Å². The highest BCUT2D eigenvalue weighted by Gasteiger charge is 2.25. The van der Waals surface area contributed by atoms with Gasteiger partial charge in [0.05, 0.1) is 34.8 Å². The summed E-state index contributed by atoms with van der Waals surface area (Å²) < 4.78 is 45.7. The van der Waals surface area contributed by atoms with Crippen LogP contribution in [0.5, 0.6) is 0 Å². The summed E-state index contributed by atoms with van der Waals surface area (Å²) in [6, 6.07) is 3.07. The van der Waals surface area contributed by atoms with Crippen LogP contribution in [0, 0.1) is 0 Å². The molecular formula is C18H22O9S. The molecule has 3 rings (SSSR count). The minimum absolute atomic E-state index is 0.0216. The molecule has 9 nitrogen and oxygen atoms in total. The van der Waals surface area contributed by atoms with E-state index in [2.05, 4.69) is 0 Å². The zero-order chi connectivity index (χ0) is 20.1. The molecule has 2 saturated heterocycles. The topological polar surface area (TPSA) is 125 Å². The molecule has 0 radical (unpaired) electrons. The number of carbonyl (C=O) groups is 2. The number of rotatable bonds is 8. The molecule has 2 heterocycles. The summed E-state index contributed by atoms with van der Waals surface area (Å²) in [5, 5.41) is 9.26. The molecule has 0 aromatic heterocycles. The molecule has 154 valence electrons. The van der Waals surface area contributed by atoms with E-state index in [1.165, 1.54) is 0 Å². The fourth-order valence-corrected chi connectivity index (χ4v) is 4.03. The molecule has 0 saturated carbocycles. The Labute approximate surface area is 162 Å². The van der Waals surface area contributed by atoms with Crippen molar-refractivity contribution in [3.8, 4) is 0 Å². The van der Waals surface area contributed by atoms with Gasteiger partial charge in [0.1, 0.15) is 6.61 Å². The van der Waals surface area contributed by atoms with Crippen molar-refractivity contribution in [2.75, 3.05) is 26.4 Å². The number of hydrogen-bond donors (Lipinski definition) is 1. The number of carbonyl (C=O) groups excluding carboxylic acids is 1. The summed E-state index contributed by atoms with van der Waals surface area (Å²) in [5.74, 6) is -2.20. The Kier molecular flexibility index (Phi) is 6.65. The average molecular weight is 414 g/mol. The second-order valence-corrected chi connectivity index (χ2v) is 8.27. The van der Waals surface area contributed by atoms with Crippen LogP contribution in [0.4, 0.5) is 0 Å². The average Bonchev–Trinajstić information content (AvgIpc) is 3.38. The van der Waals surface area contributed by atoms with Gasteiger partial charge in [-0.15, -0.1) is 0 Å². The van der Waals surface area contributed by atoms with Gasteiger partial charge in [-0.25, -0.2) is 9.59 Å². The molecule has 0 amide bonds. The molecule has 2 aliphatic rings. The van der Waals surface area contributed by atoms with Crippen LogP contribution in [-0.4, -0.2) is 64.1 Å². The van der Waals surface area contributed by atoms with E-state index in [0.717, 1.165) is 37.5 Å². The van der Waals surface area contributed by atoms with Crippen LogP contribution < -0.4 is 0 Å². The van der Waals surface area contributed by atoms with Crippen LogP contribution in [0.2, 0.25) is 0 Å². The number of esters is 1. The lowest BCUT2D eigenvalue weighted by Gasteiger charge is -2.13. The molecule has 10 heteroatoms. The van der Waals surface area contributed by atoms with Crippen LogP contribution in [0.1, 0.15) is 46.4 Å². The molecule has 2 unspecified atom stereocenters. The van der Waals surface area contributed by atoms with Crippen LogP contribution in [0.15, 0.2) is 23.1 Å². The molecule has 1 aromatic rings. The van der Waals surface area contributed by atoms with E-state index in [1.807, 2.05) is 0 Å². The zero-order valence-electron chi connectivity index (χ0n) is 15.2. The Balaban J connectivity index is 1.75. The van der Waals surface area contributed by atoms with E-state index < -0.39 is 27.0 Å². The Morgan fingerprint density at radius 2 is 1.61 bits per heavy atom. The number of carboxylic acid groups (broad SMARTS) is 1. The van der Waals surface area contributed by atoms with Crippen molar-refractivity contribution in [1.82, 2.24) is 0 Å². The van der Waals surface area contributed by atoms with E-state index in [9.17, 15) is 23.1 Å². The van der Waals surface area contributed by atoms with Crippen molar-refractivity contribution < 1.29 is 41.5 Å². The highest BCUT2D eigenvalue weighted by Crippen LogP contribution is 2.21. The summed E-state index contributed by atoms with van der Waals surface area (Å²) in [4.78, 5) is 23.2. The molecule has 28 heavy (non-hydrogen) atoms. The third kappa shape index (κ3) is 5.28. The Bertz CT molecular complexity index is 821. The summed E-state index contributed by atoms with van der Waals surface area (Å²) in [6.07, 6.45) is 2.62. The van der Waals surface area contributed by atoms with E-state index in [4.69, 9.17) is 18.4 Å². The molecule has 0 spiro atoms. The lowest BCUT2D eigenvalue weighted by Crippen LogP contribution is -2.20. The highest BCUT2D eigenvalue weighted by molar-refractivity contribution is 7.86. The second-order valence-electron chi connectivity index (χ2n) is 6.66. The van der Waals surface area contributed by atoms with Crippen molar-refractivity contribution in [3.63, 3.8) is 0 Å². The number of aromatic carboxylic acids is 1. The molecule has 0 aliphatic carbocycles. The van der Waals surface area contributed by atoms with Gasteiger partial charge in [0.2, 0.25) is 0 Å². The number of carboxylic acids is 1. The molecule has 1 N–H and O–H groups in total. The molecule has 2 fully saturated rings. The van der Waals surface area contributed by atoms with Crippen molar-refractivity contribution in [2.45, 2.75) is 42.8 Å². The van der Waals surface area contributed by atoms with Gasteiger partial charge >= 0.3 is 11.9 Å². The number of ether oxygens (including phenoxy) is 3. The Morgan fingerprint density at radius 1 is 1.00 bits per heavy atom. The molecule has 2 atom stereocenters. The lowest BCUT2D eigenvalue weighted by molar-refractivity contribution is 0.0161. The minimum atomic E-state index is -4.27. The Hall–Kier alpha value is -2.01. The van der Waals surface area contributed by atoms with Crippen LogP contribution >= 0.6 is 0 Å². The van der Waals surface area contributed by atoms with Crippen LogP contribution in [-0.2, 0) is 28.5 Å². The molecule has 0 bridgehead atoms. The predicted octanol–water partition coefficient (Wildman–Crippen LogP) is 1.60. The third-order valence-corrected chi connectivity index (χ3v) is 5.79. The van der Waals surface area contributed by atoms with E-state index in [1.54, 1.807) is 0 Å². The smallest absolute Gasteiger partial charge is 0.338 e. The van der Waals surface area contributed by atoms with E-state index in [-0.39, 0.29) is 36.5 Å². The van der Waals surface area contributed by atoms with Gasteiger partial charge in [-0.05, 0) is 43.9 Å². The van der Waals surface area contributed by atoms with E-state index in [0.29, 0.717) is 19.6 Å². The van der Waals surface area contributed by atoms with Crippen LogP contribution in [0.3, 0.4) is 0 Å². The summed E-state index contributed by atoms with van der Waals surface area (Å²) in [6.45, 7) is 0.997. The maximum Gasteiger partial charge on any atom is 0.338 e. The standard InChI is InChI=1S/C18H22O9S/c19-17(20)12-7-13(18(21)26-10-14-3-1-5-24-14)9-16(8-12)28(22,23)27-11-15-4-2-6-25-15/h7-9,14-15H,1-6,10-11H2,(H,19,20). The van der Waals surface area contributed by atoms with Gasteiger partial charge in [-0.1, -0.05) is 0 Å². The van der Waals surface area contributed by atoms with Crippen LogP contribution in [0.25, 0.3) is 0 Å². The van der Waals surface area contributed by atoms with Gasteiger partial charge in [0, 0.05) is 13.2 Å². The largest absolute Gasteiger partial charge is 0.478 e. The zero-order valence-corrected chi connectivity index (χ0v) is 16.0. The molecule has 1 aromatic carbocycles. The maximum atomic E-state index is 12.5. The quantitative estimate of drug-likeness (QED) is 0.499. The van der Waals surface area contributed by atoms with E-state index >= 15 is 0 Å². The predicted molar refractivity (Wildman–Crippen MR) is 94.8 cm³/mol. The van der Waals surface area contributed by atoms with Gasteiger partial charge in [0.15, 0.2) is 0 Å². The Morgan fingerprint density at radius 3 is 2.18 bits per heavy atom. The minimum Gasteiger partial charge on any atom is -0.478 e. The summed E-state index contributed by atoms with van der Waals surface area (Å²) >= 11 is 0. The van der Waals surface area contributed by atoms with Gasteiger partial charge in [-0.2, -0.15) is 8.42 Å². The first kappa shape index (κ1) is 20.7. The SMILES string of the molecule is O=C(O)c1cc(C(=O)OCC2CCCO2)cc(S(=O)(=O)OCC2CCCO2)c1. The fraction of sp³-hybridized carbons (Fsp3) is 0.556. The van der Waals surface area contributed by atoms with Crippen molar-refractivity contribution in [3.05, 3.63) is 29.3 Å². The van der Waals surface area contributed by atoms with Crippen molar-refractivity contribution in [2.24, 2.45) is 0 Å². The van der Waals surface area contributed by atoms with Gasteiger partial charge in [-0.3, -0.25) is 4.18 Å². The highest BCUT2D eigenvalue weighted by atomic mass is 32.2. The van der Waals surface area contributed by atoms with Gasteiger partial charge in [0.25, 0.3) is 10.1 Å². The lowest BCUT2D eigenvalue weighted by atomic mass is 10.1. The normalized spacial score (nSPS) is 22.3. The molecular weight excluding hydrogens is 392 g/mol. The maximum absolute atomic E-state index is 12.5. The fourth-order valence-electron chi connectivity index (χ4n) is 3.02. The second kappa shape index (κ2) is 8.99. The first-order valence-corrected chi connectivity index (χ1v) is 10.4. The molecule has 2 aliphatic heterocycles. The number of benzene rings is 1.